The van der Waals surface area contributed by atoms with Crippen molar-refractivity contribution >= 4 is 28.3 Å². The number of rotatable bonds is 7. The molecule has 148 valence electrons. The van der Waals surface area contributed by atoms with E-state index in [1.54, 1.807) is 18.4 Å². The molecule has 0 saturated heterocycles. The average molecular weight is 404 g/mol. The zero-order valence-corrected chi connectivity index (χ0v) is 17.3. The summed E-state index contributed by atoms with van der Waals surface area (Å²) in [5.74, 6) is 0.829. The summed E-state index contributed by atoms with van der Waals surface area (Å²) < 4.78 is 2.18. The second-order valence-electron chi connectivity index (χ2n) is 6.86. The molecule has 29 heavy (non-hydrogen) atoms. The Kier molecular flexibility index (Phi) is 6.22. The van der Waals surface area contributed by atoms with Crippen molar-refractivity contribution in [1.29, 1.82) is 0 Å². The van der Waals surface area contributed by atoms with Crippen molar-refractivity contribution < 1.29 is 0 Å². The number of hydrogen-bond donors (Lipinski definition) is 2. The van der Waals surface area contributed by atoms with Gasteiger partial charge in [0.1, 0.15) is 0 Å². The molecule has 0 radical (unpaired) electrons. The molecule has 0 bridgehead atoms. The fourth-order valence-electron chi connectivity index (χ4n) is 3.26. The Morgan fingerprint density at radius 2 is 1.83 bits per heavy atom. The number of guanidine groups is 1. The SMILES string of the molecule is CN=C(NCCc1cccs1)NCc1ccc(Cn2cnc3ccccc32)cc1. The molecule has 0 saturated carbocycles. The minimum absolute atomic E-state index is 0.743. The summed E-state index contributed by atoms with van der Waals surface area (Å²) in [6.07, 6.45) is 2.92. The maximum Gasteiger partial charge on any atom is 0.191 e. The summed E-state index contributed by atoms with van der Waals surface area (Å²) >= 11 is 1.79. The monoisotopic (exact) mass is 403 g/mol. The number of thiophene rings is 1. The van der Waals surface area contributed by atoms with Gasteiger partial charge in [0.05, 0.1) is 17.4 Å². The van der Waals surface area contributed by atoms with E-state index < -0.39 is 0 Å². The molecule has 0 spiro atoms. The Labute approximate surface area is 175 Å². The Morgan fingerprint density at radius 3 is 2.62 bits per heavy atom. The quantitative estimate of drug-likeness (QED) is 0.361. The molecule has 4 aromatic rings. The number of aromatic nitrogens is 2. The van der Waals surface area contributed by atoms with Crippen molar-refractivity contribution in [3.05, 3.63) is 88.4 Å². The van der Waals surface area contributed by atoms with Crippen LogP contribution < -0.4 is 10.6 Å². The minimum Gasteiger partial charge on any atom is -0.356 e. The molecular weight excluding hydrogens is 378 g/mol. The standard InChI is InChI=1S/C23H25N5S/c1-24-23(25-13-12-20-5-4-14-29-20)26-15-18-8-10-19(11-9-18)16-28-17-27-21-6-2-3-7-22(21)28/h2-11,14,17H,12-13,15-16H2,1H3,(H2,24,25,26). The number of nitrogens with one attached hydrogen (secondary N) is 2. The molecule has 0 aliphatic heterocycles. The van der Waals surface area contributed by atoms with E-state index in [4.69, 9.17) is 0 Å². The van der Waals surface area contributed by atoms with E-state index in [0.29, 0.717) is 0 Å². The molecule has 0 unspecified atom stereocenters. The van der Waals surface area contributed by atoms with Gasteiger partial charge in [-0.05, 0) is 41.1 Å². The fraction of sp³-hybridized carbons (Fsp3) is 0.217. The molecule has 0 atom stereocenters. The lowest BCUT2D eigenvalue weighted by atomic mass is 10.1. The first-order chi connectivity index (χ1) is 14.3. The van der Waals surface area contributed by atoms with Crippen LogP contribution in [0.1, 0.15) is 16.0 Å². The van der Waals surface area contributed by atoms with Crippen LogP contribution in [0.3, 0.4) is 0 Å². The van der Waals surface area contributed by atoms with E-state index >= 15 is 0 Å². The highest BCUT2D eigenvalue weighted by Crippen LogP contribution is 2.14. The molecule has 4 rings (SSSR count). The highest BCUT2D eigenvalue weighted by atomic mass is 32.1. The molecule has 0 fully saturated rings. The van der Waals surface area contributed by atoms with Gasteiger partial charge < -0.3 is 15.2 Å². The van der Waals surface area contributed by atoms with Gasteiger partial charge in [-0.2, -0.15) is 0 Å². The van der Waals surface area contributed by atoms with Crippen LogP contribution in [-0.2, 0) is 19.5 Å². The molecule has 5 nitrogen and oxygen atoms in total. The summed E-state index contributed by atoms with van der Waals surface area (Å²) in [7, 11) is 1.80. The average Bonchev–Trinajstić information content (AvgIpc) is 3.42. The number of benzene rings is 2. The zero-order valence-electron chi connectivity index (χ0n) is 16.5. The lowest BCUT2D eigenvalue weighted by Gasteiger charge is -2.12. The Hall–Kier alpha value is -3.12. The number of para-hydroxylation sites is 2. The third-order valence-corrected chi connectivity index (χ3v) is 5.77. The summed E-state index contributed by atoms with van der Waals surface area (Å²) in [4.78, 5) is 10.2. The first kappa shape index (κ1) is 19.2. The van der Waals surface area contributed by atoms with Crippen LogP contribution in [0.15, 0.2) is 77.4 Å². The first-order valence-corrected chi connectivity index (χ1v) is 10.6. The van der Waals surface area contributed by atoms with E-state index in [9.17, 15) is 0 Å². The van der Waals surface area contributed by atoms with Gasteiger partial charge in [-0.1, -0.05) is 42.5 Å². The molecule has 0 aliphatic rings. The van der Waals surface area contributed by atoms with Crippen molar-refractivity contribution in [3.8, 4) is 0 Å². The largest absolute Gasteiger partial charge is 0.356 e. The van der Waals surface area contributed by atoms with Crippen LogP contribution in [-0.4, -0.2) is 29.1 Å². The summed E-state index contributed by atoms with van der Waals surface area (Å²) in [6.45, 7) is 2.44. The lowest BCUT2D eigenvalue weighted by molar-refractivity contribution is 0.796. The molecule has 2 aromatic heterocycles. The van der Waals surface area contributed by atoms with Crippen LogP contribution >= 0.6 is 11.3 Å². The predicted octanol–water partition coefficient (Wildman–Crippen LogP) is 4.05. The van der Waals surface area contributed by atoms with Crippen molar-refractivity contribution in [2.45, 2.75) is 19.5 Å². The van der Waals surface area contributed by atoms with Crippen molar-refractivity contribution in [1.82, 2.24) is 20.2 Å². The molecule has 0 amide bonds. The van der Waals surface area contributed by atoms with E-state index in [2.05, 4.69) is 79.1 Å². The summed E-state index contributed by atoms with van der Waals surface area (Å²) in [5, 5.41) is 8.87. The second-order valence-corrected chi connectivity index (χ2v) is 7.89. The molecule has 2 heterocycles. The highest BCUT2D eigenvalue weighted by molar-refractivity contribution is 7.09. The number of aliphatic imine (C=N–C) groups is 1. The Balaban J connectivity index is 1.28. The maximum absolute atomic E-state index is 4.46. The number of imidazole rings is 1. The predicted molar refractivity (Wildman–Crippen MR) is 122 cm³/mol. The third-order valence-electron chi connectivity index (χ3n) is 4.83. The maximum atomic E-state index is 4.46. The van der Waals surface area contributed by atoms with Gasteiger partial charge in [-0.25, -0.2) is 4.98 Å². The topological polar surface area (TPSA) is 54.2 Å². The Morgan fingerprint density at radius 1 is 1.00 bits per heavy atom. The van der Waals surface area contributed by atoms with Crippen molar-refractivity contribution in [2.24, 2.45) is 4.99 Å². The van der Waals surface area contributed by atoms with Gasteiger partial charge in [0.15, 0.2) is 5.96 Å². The molecule has 2 N–H and O–H groups in total. The van der Waals surface area contributed by atoms with Crippen LogP contribution in [0.4, 0.5) is 0 Å². The highest BCUT2D eigenvalue weighted by Gasteiger charge is 2.03. The van der Waals surface area contributed by atoms with Gasteiger partial charge in [0.2, 0.25) is 0 Å². The van der Waals surface area contributed by atoms with Crippen LogP contribution in [0.5, 0.6) is 0 Å². The van der Waals surface area contributed by atoms with Crippen LogP contribution in [0, 0.1) is 0 Å². The van der Waals surface area contributed by atoms with Gasteiger partial charge in [-0.3, -0.25) is 4.99 Å². The molecule has 2 aromatic carbocycles. The van der Waals surface area contributed by atoms with E-state index in [1.807, 2.05) is 18.5 Å². The molecular formula is C23H25N5S. The number of fused-ring (bicyclic) bond motifs is 1. The van der Waals surface area contributed by atoms with E-state index in [1.165, 1.54) is 16.0 Å². The third kappa shape index (κ3) is 5.03. The van der Waals surface area contributed by atoms with Gasteiger partial charge in [0, 0.05) is 31.6 Å². The Bertz CT molecular complexity index is 1060. The van der Waals surface area contributed by atoms with Gasteiger partial charge in [-0.15, -0.1) is 11.3 Å². The lowest BCUT2D eigenvalue weighted by Crippen LogP contribution is -2.37. The second kappa shape index (κ2) is 9.39. The number of hydrogen-bond acceptors (Lipinski definition) is 3. The summed E-state index contributed by atoms with van der Waals surface area (Å²) in [6, 6.07) is 21.2. The zero-order chi connectivity index (χ0) is 19.9. The normalized spacial score (nSPS) is 11.7. The first-order valence-electron chi connectivity index (χ1n) is 9.76. The van der Waals surface area contributed by atoms with Crippen LogP contribution in [0.2, 0.25) is 0 Å². The smallest absolute Gasteiger partial charge is 0.191 e. The van der Waals surface area contributed by atoms with Crippen molar-refractivity contribution in [3.63, 3.8) is 0 Å². The molecule has 6 heteroatoms. The molecule has 0 aliphatic carbocycles. The van der Waals surface area contributed by atoms with E-state index in [-0.39, 0.29) is 0 Å². The van der Waals surface area contributed by atoms with E-state index in [0.717, 1.165) is 43.0 Å². The van der Waals surface area contributed by atoms with Crippen LogP contribution in [0.25, 0.3) is 11.0 Å². The van der Waals surface area contributed by atoms with Crippen molar-refractivity contribution in [2.75, 3.05) is 13.6 Å². The fourth-order valence-corrected chi connectivity index (χ4v) is 3.97. The van der Waals surface area contributed by atoms with Gasteiger partial charge >= 0.3 is 0 Å². The van der Waals surface area contributed by atoms with Gasteiger partial charge in [0.25, 0.3) is 0 Å². The summed E-state index contributed by atoms with van der Waals surface area (Å²) in [5.41, 5.74) is 4.68. The minimum atomic E-state index is 0.743. The number of nitrogens with zero attached hydrogens (tertiary/aromatic N) is 3.